The number of benzene rings is 6. The van der Waals surface area contributed by atoms with E-state index in [-0.39, 0.29) is 0 Å². The molecule has 0 radical (unpaired) electrons. The number of para-hydroxylation sites is 3. The minimum Gasteiger partial charge on any atom is -0.453 e. The van der Waals surface area contributed by atoms with Crippen LogP contribution in [-0.4, -0.2) is 10.3 Å². The van der Waals surface area contributed by atoms with Crippen molar-refractivity contribution in [1.29, 1.82) is 5.26 Å². The van der Waals surface area contributed by atoms with E-state index in [4.69, 9.17) is 9.41 Å². The molecule has 4 nitrogen and oxygen atoms in total. The third-order valence-corrected chi connectivity index (χ3v) is 8.77. The molecule has 0 saturated heterocycles. The summed E-state index contributed by atoms with van der Waals surface area (Å²) >= 11 is 0. The van der Waals surface area contributed by atoms with Crippen molar-refractivity contribution in [2.24, 2.45) is 4.99 Å². The standard InChI is InChI=1S/C43H29N3O.C2H6/c1-28-35-21-12-22-36(32-16-11-18-34(26-32)46-39-23-8-6-19-37(39)38-20-7-9-24-40(38)46)43(35)47-42(28)41(33-17-10-13-30(25-33)27-44)45-29(2)31-14-4-3-5-15-31;1-2/h3-26H,1H2,2H3;1-2H3/b42-41+,45-29?;. The minimum absolute atomic E-state index is 0.553. The molecule has 4 heteroatoms. The maximum absolute atomic E-state index is 9.68. The van der Waals surface area contributed by atoms with Gasteiger partial charge in [-0.3, -0.25) is 0 Å². The van der Waals surface area contributed by atoms with Crippen LogP contribution < -0.4 is 10.6 Å². The molecule has 0 amide bonds. The van der Waals surface area contributed by atoms with E-state index in [2.05, 4.69) is 96.1 Å². The first kappa shape index (κ1) is 31.2. The molecule has 0 aliphatic heterocycles. The SMILES string of the molecule is C=c1/c(=C(\N=C(C)c2ccccc2)c2cccc(C#N)c2)oc2c(-c3cccc(-n4c5ccccc5c5ccccc54)c3)cccc12.CC. The van der Waals surface area contributed by atoms with E-state index in [1.807, 2.05) is 81.4 Å². The number of furan rings is 1. The van der Waals surface area contributed by atoms with Crippen LogP contribution in [0.25, 0.3) is 61.9 Å². The van der Waals surface area contributed by atoms with Gasteiger partial charge in [0.05, 0.1) is 22.7 Å². The maximum Gasteiger partial charge on any atom is 0.161 e. The molecule has 0 N–H and O–H groups in total. The Morgan fingerprint density at radius 2 is 1.29 bits per heavy atom. The van der Waals surface area contributed by atoms with Gasteiger partial charge in [-0.25, -0.2) is 4.99 Å². The second-order valence-electron chi connectivity index (χ2n) is 11.6. The molecule has 0 atom stereocenters. The highest BCUT2D eigenvalue weighted by Gasteiger charge is 2.16. The topological polar surface area (TPSA) is 54.2 Å². The highest BCUT2D eigenvalue weighted by Crippen LogP contribution is 2.34. The number of nitriles is 1. The van der Waals surface area contributed by atoms with Crippen LogP contribution in [0.5, 0.6) is 0 Å². The fourth-order valence-corrected chi connectivity index (χ4v) is 6.50. The minimum atomic E-state index is 0.553. The molecule has 0 aliphatic rings. The van der Waals surface area contributed by atoms with Crippen LogP contribution in [0.2, 0.25) is 0 Å². The van der Waals surface area contributed by atoms with Gasteiger partial charge in [-0.2, -0.15) is 5.26 Å². The van der Waals surface area contributed by atoms with E-state index in [9.17, 15) is 5.26 Å². The van der Waals surface area contributed by atoms with Crippen LogP contribution in [0.3, 0.4) is 0 Å². The zero-order chi connectivity index (χ0) is 33.9. The summed E-state index contributed by atoms with van der Waals surface area (Å²) in [6, 6.07) is 51.6. The molecular formula is C45H35N3O. The van der Waals surface area contributed by atoms with Gasteiger partial charge in [0, 0.05) is 43.9 Å². The summed E-state index contributed by atoms with van der Waals surface area (Å²) in [4.78, 5) is 5.11. The Balaban J connectivity index is 0.00000186. The van der Waals surface area contributed by atoms with E-state index >= 15 is 0 Å². The summed E-state index contributed by atoms with van der Waals surface area (Å²) in [5, 5.41) is 13.8. The summed E-state index contributed by atoms with van der Waals surface area (Å²) in [7, 11) is 0. The molecule has 2 heterocycles. The smallest absolute Gasteiger partial charge is 0.161 e. The molecule has 236 valence electrons. The lowest BCUT2D eigenvalue weighted by Crippen LogP contribution is -2.22. The number of nitrogens with zero attached hydrogens (tertiary/aromatic N) is 3. The Morgan fingerprint density at radius 3 is 2.00 bits per heavy atom. The quantitative estimate of drug-likeness (QED) is 0.177. The maximum atomic E-state index is 9.68. The second-order valence-corrected chi connectivity index (χ2v) is 11.6. The molecule has 0 spiro atoms. The van der Waals surface area contributed by atoms with Crippen LogP contribution in [0.1, 0.15) is 37.5 Å². The monoisotopic (exact) mass is 633 g/mol. The third-order valence-electron chi connectivity index (χ3n) is 8.77. The normalized spacial score (nSPS) is 12.1. The highest BCUT2D eigenvalue weighted by atomic mass is 16.3. The van der Waals surface area contributed by atoms with Gasteiger partial charge in [0.2, 0.25) is 0 Å². The number of aromatic nitrogens is 1. The van der Waals surface area contributed by atoms with Crippen molar-refractivity contribution in [3.63, 3.8) is 0 Å². The predicted molar refractivity (Wildman–Crippen MR) is 204 cm³/mol. The van der Waals surface area contributed by atoms with Crippen LogP contribution in [0, 0.1) is 11.3 Å². The van der Waals surface area contributed by atoms with Gasteiger partial charge in [0.25, 0.3) is 0 Å². The molecule has 8 rings (SSSR count). The summed E-state index contributed by atoms with van der Waals surface area (Å²) in [6.45, 7) is 10.5. The van der Waals surface area contributed by atoms with Gasteiger partial charge < -0.3 is 8.98 Å². The van der Waals surface area contributed by atoms with Crippen molar-refractivity contribution in [3.8, 4) is 22.9 Å². The Bertz CT molecular complexity index is 2620. The number of hydrogen-bond donors (Lipinski definition) is 0. The Hall–Kier alpha value is -6.44. The van der Waals surface area contributed by atoms with E-state index in [1.54, 1.807) is 6.07 Å². The summed E-state index contributed by atoms with van der Waals surface area (Å²) in [5.74, 6) is 0. The van der Waals surface area contributed by atoms with Crippen molar-refractivity contribution < 1.29 is 4.42 Å². The molecule has 49 heavy (non-hydrogen) atoms. The molecule has 0 aliphatic carbocycles. The van der Waals surface area contributed by atoms with Crippen molar-refractivity contribution in [1.82, 2.24) is 4.57 Å². The van der Waals surface area contributed by atoms with Crippen molar-refractivity contribution in [2.75, 3.05) is 0 Å². The first-order valence-corrected chi connectivity index (χ1v) is 16.6. The van der Waals surface area contributed by atoms with Crippen molar-refractivity contribution >= 4 is 50.8 Å². The lowest BCUT2D eigenvalue weighted by molar-refractivity contribution is 0.572. The zero-order valence-electron chi connectivity index (χ0n) is 27.8. The molecule has 0 bridgehead atoms. The average molecular weight is 634 g/mol. The van der Waals surface area contributed by atoms with Gasteiger partial charge in [0.1, 0.15) is 11.3 Å². The first-order valence-electron chi connectivity index (χ1n) is 16.6. The fourth-order valence-electron chi connectivity index (χ4n) is 6.50. The summed E-state index contributed by atoms with van der Waals surface area (Å²) in [6.07, 6.45) is 0. The van der Waals surface area contributed by atoms with Crippen molar-refractivity contribution in [3.05, 3.63) is 173 Å². The number of fused-ring (bicyclic) bond motifs is 4. The van der Waals surface area contributed by atoms with Gasteiger partial charge in [-0.1, -0.05) is 130 Å². The largest absolute Gasteiger partial charge is 0.453 e. The number of aliphatic imine (C=N–C) groups is 1. The molecule has 0 unspecified atom stereocenters. The molecule has 0 saturated carbocycles. The van der Waals surface area contributed by atoms with Crippen LogP contribution in [0.4, 0.5) is 0 Å². The first-order chi connectivity index (χ1) is 24.1. The predicted octanol–water partition coefficient (Wildman–Crippen LogP) is 10.2. The zero-order valence-corrected chi connectivity index (χ0v) is 27.8. The lowest BCUT2D eigenvalue weighted by atomic mass is 10.0. The molecule has 8 aromatic rings. The van der Waals surface area contributed by atoms with E-state index < -0.39 is 0 Å². The van der Waals surface area contributed by atoms with Crippen LogP contribution in [-0.2, 0) is 0 Å². The van der Waals surface area contributed by atoms with E-state index in [0.29, 0.717) is 16.7 Å². The van der Waals surface area contributed by atoms with Gasteiger partial charge in [0.15, 0.2) is 5.42 Å². The van der Waals surface area contributed by atoms with Crippen molar-refractivity contribution in [2.45, 2.75) is 20.8 Å². The Labute approximate surface area is 285 Å². The average Bonchev–Trinajstić information content (AvgIpc) is 3.69. The fraction of sp³-hybridized carbons (Fsp3) is 0.0667. The molecule has 6 aromatic carbocycles. The number of rotatable bonds is 5. The molecule has 2 aromatic heterocycles. The number of hydrogen-bond acceptors (Lipinski definition) is 3. The lowest BCUT2D eigenvalue weighted by Gasteiger charge is -2.10. The van der Waals surface area contributed by atoms with Gasteiger partial charge in [-0.05, 0) is 54.4 Å². The van der Waals surface area contributed by atoms with Gasteiger partial charge in [-0.15, -0.1) is 0 Å². The van der Waals surface area contributed by atoms with E-state index in [1.165, 1.54) is 10.8 Å². The summed E-state index contributed by atoms with van der Waals surface area (Å²) in [5.41, 5.74) is 10.5. The van der Waals surface area contributed by atoms with Gasteiger partial charge >= 0.3 is 0 Å². The van der Waals surface area contributed by atoms with E-state index in [0.717, 1.165) is 60.9 Å². The third kappa shape index (κ3) is 5.62. The van der Waals surface area contributed by atoms with Crippen LogP contribution in [0.15, 0.2) is 155 Å². The van der Waals surface area contributed by atoms with Crippen LogP contribution >= 0.6 is 0 Å². The Kier molecular flexibility index (Phi) is 8.49. The Morgan fingerprint density at radius 1 is 0.673 bits per heavy atom. The second kappa shape index (κ2) is 13.4. The highest BCUT2D eigenvalue weighted by molar-refractivity contribution is 6.09. The molecule has 0 fully saturated rings. The summed E-state index contributed by atoms with van der Waals surface area (Å²) < 4.78 is 9.11. The molecular weight excluding hydrogens is 599 g/mol.